The number of rotatable bonds is 18. The van der Waals surface area contributed by atoms with Crippen molar-refractivity contribution in [1.29, 1.82) is 0 Å². The van der Waals surface area contributed by atoms with Gasteiger partial charge < -0.3 is 18.9 Å². The molecule has 0 aromatic heterocycles. The van der Waals surface area contributed by atoms with Crippen molar-refractivity contribution in [2.24, 2.45) is 11.8 Å². The predicted octanol–water partition coefficient (Wildman–Crippen LogP) is 9.27. The summed E-state index contributed by atoms with van der Waals surface area (Å²) in [5.74, 6) is 0.0282. The fourth-order valence-electron chi connectivity index (χ4n) is 7.01. The molecule has 250 valence electrons. The van der Waals surface area contributed by atoms with Crippen molar-refractivity contribution in [2.75, 3.05) is 26.9 Å². The van der Waals surface area contributed by atoms with E-state index < -0.39 is 5.79 Å². The minimum atomic E-state index is -0.483. The zero-order valence-electron chi connectivity index (χ0n) is 29.0. The van der Waals surface area contributed by atoms with Crippen molar-refractivity contribution in [3.05, 3.63) is 107 Å². The fourth-order valence-corrected chi connectivity index (χ4v) is 7.01. The van der Waals surface area contributed by atoms with Crippen LogP contribution in [0.2, 0.25) is 0 Å². The lowest BCUT2D eigenvalue weighted by Gasteiger charge is -2.40. The van der Waals surface area contributed by atoms with Crippen LogP contribution >= 0.6 is 0 Å². The second-order valence-electron chi connectivity index (χ2n) is 13.8. The van der Waals surface area contributed by atoms with Gasteiger partial charge in [-0.2, -0.15) is 0 Å². The summed E-state index contributed by atoms with van der Waals surface area (Å²) in [6, 6.07) is 30.9. The molecule has 0 radical (unpaired) electrons. The molecule has 0 spiro atoms. The van der Waals surface area contributed by atoms with Gasteiger partial charge in [-0.25, -0.2) is 0 Å². The molecular formula is C41H56O5. The van der Waals surface area contributed by atoms with E-state index in [1.54, 1.807) is 0 Å². The summed E-state index contributed by atoms with van der Waals surface area (Å²) in [6.45, 7) is 12.6. The number of esters is 1. The van der Waals surface area contributed by atoms with E-state index in [0.717, 1.165) is 45.1 Å². The molecule has 0 aliphatic carbocycles. The highest BCUT2D eigenvalue weighted by atomic mass is 16.7. The number of ether oxygens (including phenoxy) is 4. The smallest absolute Gasteiger partial charge is 0.308 e. The summed E-state index contributed by atoms with van der Waals surface area (Å²) in [4.78, 5) is 12.9. The molecule has 0 bridgehead atoms. The van der Waals surface area contributed by atoms with Crippen LogP contribution in [0.3, 0.4) is 0 Å². The van der Waals surface area contributed by atoms with Crippen LogP contribution in [0.1, 0.15) is 101 Å². The van der Waals surface area contributed by atoms with E-state index in [2.05, 4.69) is 98.8 Å². The van der Waals surface area contributed by atoms with Gasteiger partial charge in [0.15, 0.2) is 5.79 Å². The molecule has 1 aliphatic rings. The van der Waals surface area contributed by atoms with Crippen molar-refractivity contribution in [3.8, 4) is 0 Å². The largest absolute Gasteiger partial charge is 0.469 e. The summed E-state index contributed by atoms with van der Waals surface area (Å²) < 4.78 is 22.7. The van der Waals surface area contributed by atoms with Gasteiger partial charge in [0.2, 0.25) is 0 Å². The normalized spacial score (nSPS) is 19.2. The van der Waals surface area contributed by atoms with Crippen LogP contribution in [0.15, 0.2) is 84.9 Å². The maximum atomic E-state index is 12.9. The third-order valence-electron chi connectivity index (χ3n) is 9.75. The zero-order valence-corrected chi connectivity index (χ0v) is 29.0. The summed E-state index contributed by atoms with van der Waals surface area (Å²) in [5.41, 5.74) is 4.79. The molecular weight excluding hydrogens is 572 g/mol. The van der Waals surface area contributed by atoms with Crippen LogP contribution in [-0.2, 0) is 35.6 Å². The lowest BCUT2D eigenvalue weighted by atomic mass is 9.63. The second-order valence-corrected chi connectivity index (χ2v) is 13.8. The first-order chi connectivity index (χ1) is 22.2. The lowest BCUT2D eigenvalue weighted by Crippen LogP contribution is -2.35. The zero-order chi connectivity index (χ0) is 33.0. The minimum Gasteiger partial charge on any atom is -0.469 e. The molecule has 1 fully saturated rings. The summed E-state index contributed by atoms with van der Waals surface area (Å²) >= 11 is 0. The second kappa shape index (κ2) is 17.2. The Kier molecular flexibility index (Phi) is 13.4. The summed E-state index contributed by atoms with van der Waals surface area (Å²) in [6.07, 6.45) is 6.69. The van der Waals surface area contributed by atoms with Crippen LogP contribution in [0.5, 0.6) is 0 Å². The molecule has 1 aliphatic heterocycles. The molecule has 1 heterocycles. The molecule has 3 aromatic rings. The molecule has 5 unspecified atom stereocenters. The van der Waals surface area contributed by atoms with Crippen molar-refractivity contribution in [1.82, 2.24) is 0 Å². The van der Waals surface area contributed by atoms with Crippen LogP contribution in [0, 0.1) is 11.8 Å². The molecule has 0 saturated carbocycles. The fraction of sp³-hybridized carbons (Fsp3) is 0.537. The van der Waals surface area contributed by atoms with Gasteiger partial charge in [0.05, 0.1) is 25.7 Å². The molecule has 5 nitrogen and oxygen atoms in total. The Morgan fingerprint density at radius 2 is 1.57 bits per heavy atom. The molecule has 0 amide bonds. The van der Waals surface area contributed by atoms with E-state index in [-0.39, 0.29) is 23.4 Å². The maximum Gasteiger partial charge on any atom is 0.308 e. The van der Waals surface area contributed by atoms with E-state index in [9.17, 15) is 4.79 Å². The van der Waals surface area contributed by atoms with E-state index in [0.29, 0.717) is 31.5 Å². The first-order valence-corrected chi connectivity index (χ1v) is 17.3. The quantitative estimate of drug-likeness (QED) is 0.104. The molecule has 5 atom stereocenters. The van der Waals surface area contributed by atoms with Crippen molar-refractivity contribution in [3.63, 3.8) is 0 Å². The average molecular weight is 629 g/mol. The number of hydrogen-bond acceptors (Lipinski definition) is 5. The van der Waals surface area contributed by atoms with Gasteiger partial charge in [-0.15, -0.1) is 0 Å². The number of carbonyl (C=O) groups is 1. The molecule has 1 saturated heterocycles. The van der Waals surface area contributed by atoms with Gasteiger partial charge in [-0.3, -0.25) is 4.79 Å². The van der Waals surface area contributed by atoms with Crippen molar-refractivity contribution < 1.29 is 23.7 Å². The van der Waals surface area contributed by atoms with Gasteiger partial charge in [0.1, 0.15) is 0 Å². The number of aryl methyl sites for hydroxylation is 1. The topological polar surface area (TPSA) is 54.0 Å². The van der Waals surface area contributed by atoms with Gasteiger partial charge in [0, 0.05) is 18.6 Å². The van der Waals surface area contributed by atoms with Crippen LogP contribution in [0.4, 0.5) is 0 Å². The SMILES string of the molecule is CCC(C)CC(CC(CC(C)C(=O)OC)(c1ccccc1)c1ccc(CCCOCCC2COC(C)(C)O2)cc1)c1ccccc1. The van der Waals surface area contributed by atoms with Crippen molar-refractivity contribution in [2.45, 2.75) is 103 Å². The molecule has 4 rings (SSSR count). The van der Waals surface area contributed by atoms with Crippen molar-refractivity contribution >= 4 is 5.97 Å². The van der Waals surface area contributed by atoms with E-state index in [4.69, 9.17) is 18.9 Å². The molecule has 3 aromatic carbocycles. The standard InChI is InChI=1S/C41H56O5/c1-7-31(2)27-35(34-16-10-8-11-17-34)29-41(28-32(3)39(42)43-6,36-18-12-9-13-19-36)37-22-20-33(21-23-37)15-14-25-44-26-24-38-30-45-40(4,5)46-38/h8-13,16-23,31-32,35,38H,7,14-15,24-30H2,1-6H3. The Morgan fingerprint density at radius 1 is 0.913 bits per heavy atom. The summed E-state index contributed by atoms with van der Waals surface area (Å²) in [5, 5.41) is 0. The van der Waals surface area contributed by atoms with E-state index in [1.807, 2.05) is 20.8 Å². The summed E-state index contributed by atoms with van der Waals surface area (Å²) in [7, 11) is 1.49. The Bertz CT molecular complexity index is 1310. The lowest BCUT2D eigenvalue weighted by molar-refractivity contribution is -0.145. The number of hydrogen-bond donors (Lipinski definition) is 0. The first-order valence-electron chi connectivity index (χ1n) is 17.3. The molecule has 5 heteroatoms. The van der Waals surface area contributed by atoms with Gasteiger partial charge in [-0.1, -0.05) is 112 Å². The van der Waals surface area contributed by atoms with Crippen LogP contribution in [0.25, 0.3) is 0 Å². The van der Waals surface area contributed by atoms with Crippen LogP contribution < -0.4 is 0 Å². The van der Waals surface area contributed by atoms with Crippen LogP contribution in [-0.4, -0.2) is 44.8 Å². The number of benzene rings is 3. The Hall–Kier alpha value is -2.99. The van der Waals surface area contributed by atoms with Gasteiger partial charge in [0.25, 0.3) is 0 Å². The molecule has 0 N–H and O–H groups in total. The third-order valence-corrected chi connectivity index (χ3v) is 9.75. The number of carbonyl (C=O) groups excluding carboxylic acids is 1. The highest BCUT2D eigenvalue weighted by Gasteiger charge is 2.40. The Morgan fingerprint density at radius 3 is 2.17 bits per heavy atom. The first kappa shape index (κ1) is 35.9. The monoisotopic (exact) mass is 628 g/mol. The predicted molar refractivity (Wildman–Crippen MR) is 186 cm³/mol. The third kappa shape index (κ3) is 10.0. The Balaban J connectivity index is 1.56. The van der Waals surface area contributed by atoms with E-state index >= 15 is 0 Å². The Labute approximate surface area is 278 Å². The minimum absolute atomic E-state index is 0.112. The highest BCUT2D eigenvalue weighted by molar-refractivity contribution is 5.72. The van der Waals surface area contributed by atoms with Gasteiger partial charge in [-0.05, 0) is 86.5 Å². The van der Waals surface area contributed by atoms with E-state index in [1.165, 1.54) is 29.4 Å². The molecule has 46 heavy (non-hydrogen) atoms. The number of methoxy groups -OCH3 is 1. The maximum absolute atomic E-state index is 12.9. The average Bonchev–Trinajstić information content (AvgIpc) is 3.43. The highest BCUT2D eigenvalue weighted by Crippen LogP contribution is 2.47. The van der Waals surface area contributed by atoms with Gasteiger partial charge >= 0.3 is 5.97 Å².